The highest BCUT2D eigenvalue weighted by Crippen LogP contribution is 2.36. The zero-order valence-electron chi connectivity index (χ0n) is 14.1. The predicted molar refractivity (Wildman–Crippen MR) is 90.8 cm³/mol. The minimum absolute atomic E-state index is 0.0107. The van der Waals surface area contributed by atoms with E-state index in [1.807, 2.05) is 0 Å². The number of hydrogen-bond donors (Lipinski definition) is 0. The number of cyclic esters (lactones) is 1. The number of hydrogen-bond acceptors (Lipinski definition) is 2. The fourth-order valence-corrected chi connectivity index (χ4v) is 3.18. The van der Waals surface area contributed by atoms with Gasteiger partial charge >= 0.3 is 5.97 Å². The van der Waals surface area contributed by atoms with Gasteiger partial charge in [0.15, 0.2) is 0 Å². The molecule has 2 unspecified atom stereocenters. The summed E-state index contributed by atoms with van der Waals surface area (Å²) >= 11 is 0. The lowest BCUT2D eigenvalue weighted by Crippen LogP contribution is -2.06. The summed E-state index contributed by atoms with van der Waals surface area (Å²) in [5, 5.41) is 0. The zero-order chi connectivity index (χ0) is 15.8. The lowest BCUT2D eigenvalue weighted by molar-refractivity contribution is -0.144. The van der Waals surface area contributed by atoms with Crippen molar-refractivity contribution in [2.45, 2.75) is 77.7 Å². The minimum Gasteiger partial charge on any atom is -0.457 e. The van der Waals surface area contributed by atoms with Gasteiger partial charge in [0.1, 0.15) is 6.10 Å². The summed E-state index contributed by atoms with van der Waals surface area (Å²) in [7, 11) is 0. The van der Waals surface area contributed by atoms with Crippen LogP contribution < -0.4 is 0 Å². The van der Waals surface area contributed by atoms with E-state index in [2.05, 4.69) is 38.1 Å². The number of benzene rings is 1. The van der Waals surface area contributed by atoms with Crippen LogP contribution in [0.2, 0.25) is 0 Å². The molecule has 2 heteroatoms. The Hall–Kier alpha value is -1.31. The van der Waals surface area contributed by atoms with Gasteiger partial charge in [-0.25, -0.2) is 0 Å². The van der Waals surface area contributed by atoms with Crippen LogP contribution in [0.5, 0.6) is 0 Å². The highest BCUT2D eigenvalue weighted by molar-refractivity contribution is 5.74. The van der Waals surface area contributed by atoms with Crippen molar-refractivity contribution in [3.8, 4) is 0 Å². The van der Waals surface area contributed by atoms with Gasteiger partial charge < -0.3 is 4.74 Å². The second-order valence-electron chi connectivity index (χ2n) is 6.55. The van der Waals surface area contributed by atoms with Gasteiger partial charge in [0, 0.05) is 6.42 Å². The molecule has 2 nitrogen and oxygen atoms in total. The van der Waals surface area contributed by atoms with E-state index in [9.17, 15) is 4.79 Å². The Kier molecular flexibility index (Phi) is 6.95. The van der Waals surface area contributed by atoms with Crippen molar-refractivity contribution in [1.82, 2.24) is 0 Å². The van der Waals surface area contributed by atoms with Gasteiger partial charge in [-0.2, -0.15) is 0 Å². The predicted octanol–water partition coefficient (Wildman–Crippen LogP) is 5.60. The minimum atomic E-state index is -0.0242. The van der Waals surface area contributed by atoms with E-state index in [0.717, 1.165) is 31.2 Å². The van der Waals surface area contributed by atoms with Gasteiger partial charge in [-0.15, -0.1) is 0 Å². The molecule has 0 radical (unpaired) electrons. The van der Waals surface area contributed by atoms with Crippen molar-refractivity contribution in [3.63, 3.8) is 0 Å². The molecule has 0 N–H and O–H groups in total. The van der Waals surface area contributed by atoms with Crippen LogP contribution >= 0.6 is 0 Å². The highest BCUT2D eigenvalue weighted by Gasteiger charge is 2.34. The maximum Gasteiger partial charge on any atom is 0.309 e. The monoisotopic (exact) mass is 302 g/mol. The molecule has 0 aromatic heterocycles. The van der Waals surface area contributed by atoms with Crippen molar-refractivity contribution in [2.75, 3.05) is 0 Å². The smallest absolute Gasteiger partial charge is 0.309 e. The third-order valence-corrected chi connectivity index (χ3v) is 4.67. The average molecular weight is 302 g/mol. The van der Waals surface area contributed by atoms with E-state index < -0.39 is 0 Å². The molecule has 1 saturated heterocycles. The van der Waals surface area contributed by atoms with Crippen LogP contribution in [0.3, 0.4) is 0 Å². The molecule has 0 amide bonds. The van der Waals surface area contributed by atoms with E-state index in [1.54, 1.807) is 0 Å². The lowest BCUT2D eigenvalue weighted by Gasteiger charge is -2.10. The molecule has 2 atom stereocenters. The van der Waals surface area contributed by atoms with Crippen molar-refractivity contribution >= 4 is 5.97 Å². The maximum atomic E-state index is 12.0. The first-order chi connectivity index (χ1) is 10.7. The van der Waals surface area contributed by atoms with Gasteiger partial charge in [-0.05, 0) is 30.4 Å². The van der Waals surface area contributed by atoms with Gasteiger partial charge in [-0.3, -0.25) is 4.79 Å². The van der Waals surface area contributed by atoms with Gasteiger partial charge in [0.25, 0.3) is 0 Å². The Morgan fingerprint density at radius 3 is 2.41 bits per heavy atom. The fraction of sp³-hybridized carbons (Fsp3) is 0.650. The average Bonchev–Trinajstić information content (AvgIpc) is 2.91. The highest BCUT2D eigenvalue weighted by atomic mass is 16.5. The Morgan fingerprint density at radius 2 is 1.73 bits per heavy atom. The summed E-state index contributed by atoms with van der Waals surface area (Å²) in [6, 6.07) is 8.66. The second kappa shape index (κ2) is 8.97. The number of aryl methyl sites for hydroxylation is 1. The van der Waals surface area contributed by atoms with Crippen molar-refractivity contribution in [2.24, 2.45) is 5.92 Å². The van der Waals surface area contributed by atoms with Gasteiger partial charge in [-0.1, -0.05) is 70.2 Å². The first-order valence-corrected chi connectivity index (χ1v) is 9.04. The molecule has 1 aromatic carbocycles. The standard InChI is InChI=1S/C20H30O2/c1-3-5-7-8-10-18-15-19(22-20(18)21)17-13-11-16(12-14-17)9-6-4-2/h11-14,18-19H,3-10,15H2,1-2H3. The van der Waals surface area contributed by atoms with Crippen LogP contribution in [0.15, 0.2) is 24.3 Å². The molecule has 0 saturated carbocycles. The summed E-state index contributed by atoms with van der Waals surface area (Å²) in [5.74, 6) is 0.123. The Balaban J connectivity index is 1.84. The molecule has 0 aliphatic carbocycles. The molecule has 1 fully saturated rings. The number of esters is 1. The first-order valence-electron chi connectivity index (χ1n) is 9.04. The summed E-state index contributed by atoms with van der Waals surface area (Å²) < 4.78 is 5.60. The molecular weight excluding hydrogens is 272 g/mol. The largest absolute Gasteiger partial charge is 0.457 e. The third kappa shape index (κ3) is 4.86. The summed E-state index contributed by atoms with van der Waals surface area (Å²) in [6.45, 7) is 4.43. The molecule has 0 bridgehead atoms. The SMILES string of the molecule is CCCCCCC1CC(c2ccc(CCCC)cc2)OC1=O. The molecule has 122 valence electrons. The van der Waals surface area contributed by atoms with Crippen LogP contribution in [0, 0.1) is 5.92 Å². The normalized spacial score (nSPS) is 21.1. The molecular formula is C20H30O2. The molecule has 1 aliphatic rings. The molecule has 0 spiro atoms. The number of unbranched alkanes of at least 4 members (excludes halogenated alkanes) is 4. The Labute approximate surface area is 135 Å². The Morgan fingerprint density at radius 1 is 1.00 bits per heavy atom. The third-order valence-electron chi connectivity index (χ3n) is 4.67. The molecule has 22 heavy (non-hydrogen) atoms. The van der Waals surface area contributed by atoms with Crippen LogP contribution in [0.4, 0.5) is 0 Å². The number of carbonyl (C=O) groups excluding carboxylic acids is 1. The Bertz CT molecular complexity index is 449. The van der Waals surface area contributed by atoms with E-state index in [1.165, 1.54) is 37.7 Å². The molecule has 2 rings (SSSR count). The lowest BCUT2D eigenvalue weighted by atomic mass is 9.94. The quantitative estimate of drug-likeness (QED) is 0.438. The van der Waals surface area contributed by atoms with E-state index in [-0.39, 0.29) is 18.0 Å². The van der Waals surface area contributed by atoms with E-state index in [4.69, 9.17) is 4.74 Å². The summed E-state index contributed by atoms with van der Waals surface area (Å²) in [4.78, 5) is 12.0. The second-order valence-corrected chi connectivity index (χ2v) is 6.55. The van der Waals surface area contributed by atoms with E-state index in [0.29, 0.717) is 0 Å². The van der Waals surface area contributed by atoms with Gasteiger partial charge in [0.2, 0.25) is 0 Å². The first kappa shape index (κ1) is 17.1. The topological polar surface area (TPSA) is 26.3 Å². The zero-order valence-corrected chi connectivity index (χ0v) is 14.1. The number of ether oxygens (including phenoxy) is 1. The van der Waals surface area contributed by atoms with Crippen molar-refractivity contribution in [3.05, 3.63) is 35.4 Å². The number of carbonyl (C=O) groups is 1. The fourth-order valence-electron chi connectivity index (χ4n) is 3.18. The van der Waals surface area contributed by atoms with Gasteiger partial charge in [0.05, 0.1) is 5.92 Å². The number of rotatable bonds is 9. The maximum absolute atomic E-state index is 12.0. The van der Waals surface area contributed by atoms with Crippen molar-refractivity contribution < 1.29 is 9.53 Å². The van der Waals surface area contributed by atoms with Crippen LogP contribution in [0.1, 0.15) is 82.4 Å². The molecule has 1 heterocycles. The van der Waals surface area contributed by atoms with Crippen LogP contribution in [-0.4, -0.2) is 5.97 Å². The van der Waals surface area contributed by atoms with Crippen LogP contribution in [0.25, 0.3) is 0 Å². The van der Waals surface area contributed by atoms with E-state index >= 15 is 0 Å². The summed E-state index contributed by atoms with van der Waals surface area (Å²) in [5.41, 5.74) is 2.54. The van der Waals surface area contributed by atoms with Crippen molar-refractivity contribution in [1.29, 1.82) is 0 Å². The molecule has 1 aromatic rings. The molecule has 1 aliphatic heterocycles. The summed E-state index contributed by atoms with van der Waals surface area (Å²) in [6.07, 6.45) is 10.3. The van der Waals surface area contributed by atoms with Crippen LogP contribution in [-0.2, 0) is 16.0 Å².